The van der Waals surface area contributed by atoms with Gasteiger partial charge < -0.3 is 9.95 Å². The summed E-state index contributed by atoms with van der Waals surface area (Å²) in [5.74, 6) is 6.53. The van der Waals surface area contributed by atoms with Crippen molar-refractivity contribution in [1.29, 1.82) is 0 Å². The monoisotopic (exact) mass is 168 g/mol. The topological polar surface area (TPSA) is 76.4 Å². The molecule has 0 atom stereocenters. The van der Waals surface area contributed by atoms with Crippen molar-refractivity contribution in [2.45, 2.75) is 13.8 Å². The van der Waals surface area contributed by atoms with Gasteiger partial charge in [0.1, 0.15) is 11.5 Å². The van der Waals surface area contributed by atoms with Crippen LogP contribution in [0.2, 0.25) is 0 Å². The molecule has 0 fully saturated rings. The van der Waals surface area contributed by atoms with Crippen LogP contribution in [0.1, 0.15) is 18.4 Å². The van der Waals surface area contributed by atoms with E-state index in [4.69, 9.17) is 10.4 Å². The average Bonchev–Trinajstić information content (AvgIpc) is 2.47. The maximum Gasteiger partial charge on any atom is 0.165 e. The zero-order chi connectivity index (χ0) is 8.97. The molecular weight excluding hydrogens is 156 g/mol. The van der Waals surface area contributed by atoms with Crippen LogP contribution in [0.15, 0.2) is 15.6 Å². The Kier molecular flexibility index (Phi) is 2.82. The van der Waals surface area contributed by atoms with Crippen molar-refractivity contribution in [2.75, 3.05) is 6.54 Å². The Morgan fingerprint density at radius 1 is 1.83 bits per heavy atom. The Bertz CT molecular complexity index is 279. The summed E-state index contributed by atoms with van der Waals surface area (Å²) in [6.45, 7) is 4.40. The predicted octanol–water partition coefficient (Wildman–Crippen LogP) is 0.213. The molecule has 3 N–H and O–H groups in total. The maximum absolute atomic E-state index is 5.24. The molecule has 0 aliphatic rings. The molecule has 0 aromatic carbocycles. The molecule has 0 bridgehead atoms. The van der Waals surface area contributed by atoms with Gasteiger partial charge in [-0.1, -0.05) is 5.16 Å². The van der Waals surface area contributed by atoms with Crippen LogP contribution in [0.25, 0.3) is 0 Å². The number of amidine groups is 1. The smallest absolute Gasteiger partial charge is 0.165 e. The van der Waals surface area contributed by atoms with Crippen molar-refractivity contribution in [1.82, 2.24) is 10.6 Å². The number of aryl methyl sites for hydroxylation is 1. The van der Waals surface area contributed by atoms with Crippen LogP contribution >= 0.6 is 0 Å². The molecule has 1 aromatic rings. The van der Waals surface area contributed by atoms with Crippen LogP contribution in [-0.4, -0.2) is 17.5 Å². The summed E-state index contributed by atoms with van der Waals surface area (Å²) in [5, 5.41) is 3.76. The largest absolute Gasteiger partial charge is 0.361 e. The lowest BCUT2D eigenvalue weighted by Crippen LogP contribution is -2.31. The summed E-state index contributed by atoms with van der Waals surface area (Å²) in [6.07, 6.45) is 0. The van der Waals surface area contributed by atoms with E-state index >= 15 is 0 Å². The first-order valence-electron chi connectivity index (χ1n) is 3.72. The van der Waals surface area contributed by atoms with E-state index in [2.05, 4.69) is 15.6 Å². The van der Waals surface area contributed by atoms with Crippen LogP contribution in [0.5, 0.6) is 0 Å². The Morgan fingerprint density at radius 3 is 3.00 bits per heavy atom. The van der Waals surface area contributed by atoms with Gasteiger partial charge in [0.2, 0.25) is 0 Å². The highest BCUT2D eigenvalue weighted by molar-refractivity contribution is 5.96. The number of hydrazine groups is 1. The van der Waals surface area contributed by atoms with Crippen molar-refractivity contribution in [3.8, 4) is 0 Å². The van der Waals surface area contributed by atoms with E-state index in [-0.39, 0.29) is 0 Å². The molecule has 1 heterocycles. The third kappa shape index (κ3) is 1.82. The summed E-state index contributed by atoms with van der Waals surface area (Å²) >= 11 is 0. The molecule has 1 aromatic heterocycles. The fourth-order valence-electron chi connectivity index (χ4n) is 0.837. The lowest BCUT2D eigenvalue weighted by atomic mass is 10.3. The van der Waals surface area contributed by atoms with E-state index in [0.717, 1.165) is 5.76 Å². The Labute approximate surface area is 70.6 Å². The minimum atomic E-state index is 0.550. The highest BCUT2D eigenvalue weighted by Crippen LogP contribution is 2.01. The van der Waals surface area contributed by atoms with Crippen LogP contribution in [0.3, 0.4) is 0 Å². The van der Waals surface area contributed by atoms with Gasteiger partial charge in [-0.05, 0) is 13.8 Å². The summed E-state index contributed by atoms with van der Waals surface area (Å²) in [4.78, 5) is 4.08. The number of hydrogen-bond donors (Lipinski definition) is 2. The van der Waals surface area contributed by atoms with Gasteiger partial charge >= 0.3 is 0 Å². The molecule has 5 nitrogen and oxygen atoms in total. The summed E-state index contributed by atoms with van der Waals surface area (Å²) in [6, 6.07) is 1.77. The van der Waals surface area contributed by atoms with E-state index in [9.17, 15) is 0 Å². The number of nitrogens with one attached hydrogen (secondary N) is 1. The highest BCUT2D eigenvalue weighted by atomic mass is 16.5. The van der Waals surface area contributed by atoms with Crippen molar-refractivity contribution >= 4 is 5.84 Å². The molecule has 0 unspecified atom stereocenters. The minimum absolute atomic E-state index is 0.550. The van der Waals surface area contributed by atoms with E-state index in [0.29, 0.717) is 18.1 Å². The lowest BCUT2D eigenvalue weighted by molar-refractivity contribution is 0.396. The van der Waals surface area contributed by atoms with Crippen LogP contribution in [-0.2, 0) is 0 Å². The molecule has 0 saturated heterocycles. The molecule has 5 heteroatoms. The van der Waals surface area contributed by atoms with Gasteiger partial charge in [0, 0.05) is 12.6 Å². The molecule has 0 saturated carbocycles. The SMILES string of the molecule is CCN=C(NN)c1cc(C)on1. The van der Waals surface area contributed by atoms with Crippen molar-refractivity contribution in [3.05, 3.63) is 17.5 Å². The van der Waals surface area contributed by atoms with Crippen molar-refractivity contribution < 1.29 is 4.52 Å². The van der Waals surface area contributed by atoms with E-state index in [1.807, 2.05) is 13.8 Å². The van der Waals surface area contributed by atoms with Crippen LogP contribution in [0.4, 0.5) is 0 Å². The number of nitrogens with two attached hydrogens (primary N) is 1. The van der Waals surface area contributed by atoms with Crippen LogP contribution < -0.4 is 11.3 Å². The number of aliphatic imine (C=N–C) groups is 1. The quantitative estimate of drug-likeness (QED) is 0.286. The Morgan fingerprint density at radius 2 is 2.58 bits per heavy atom. The maximum atomic E-state index is 5.24. The van der Waals surface area contributed by atoms with Gasteiger partial charge in [-0.15, -0.1) is 0 Å². The fourth-order valence-corrected chi connectivity index (χ4v) is 0.837. The zero-order valence-corrected chi connectivity index (χ0v) is 7.16. The molecule has 0 radical (unpaired) electrons. The molecule has 12 heavy (non-hydrogen) atoms. The second-order valence-corrected chi connectivity index (χ2v) is 2.29. The molecule has 0 aliphatic heterocycles. The van der Waals surface area contributed by atoms with Gasteiger partial charge in [-0.2, -0.15) is 0 Å². The normalized spacial score (nSPS) is 11.8. The Balaban J connectivity index is 2.87. The van der Waals surface area contributed by atoms with Gasteiger partial charge in [-0.3, -0.25) is 4.99 Å². The first kappa shape index (κ1) is 8.73. The van der Waals surface area contributed by atoms with Gasteiger partial charge in [0.05, 0.1) is 0 Å². The summed E-state index contributed by atoms with van der Waals surface area (Å²) in [5.41, 5.74) is 3.10. The first-order chi connectivity index (χ1) is 5.77. The van der Waals surface area contributed by atoms with E-state index in [1.54, 1.807) is 6.07 Å². The number of nitrogens with zero attached hydrogens (tertiary/aromatic N) is 2. The summed E-state index contributed by atoms with van der Waals surface area (Å²) < 4.78 is 4.87. The minimum Gasteiger partial charge on any atom is -0.361 e. The first-order valence-corrected chi connectivity index (χ1v) is 3.72. The van der Waals surface area contributed by atoms with E-state index < -0.39 is 0 Å². The molecule has 0 spiro atoms. The predicted molar refractivity (Wildman–Crippen MR) is 45.6 cm³/mol. The van der Waals surface area contributed by atoms with Gasteiger partial charge in [0.25, 0.3) is 0 Å². The number of rotatable bonds is 2. The van der Waals surface area contributed by atoms with Crippen molar-refractivity contribution in [2.24, 2.45) is 10.8 Å². The van der Waals surface area contributed by atoms with E-state index in [1.165, 1.54) is 0 Å². The zero-order valence-electron chi connectivity index (χ0n) is 7.16. The molecule has 0 amide bonds. The number of hydrogen-bond acceptors (Lipinski definition) is 4. The third-order valence-corrected chi connectivity index (χ3v) is 1.32. The van der Waals surface area contributed by atoms with Gasteiger partial charge in [0.15, 0.2) is 5.84 Å². The van der Waals surface area contributed by atoms with Gasteiger partial charge in [-0.25, -0.2) is 5.84 Å². The Hall–Kier alpha value is -1.36. The third-order valence-electron chi connectivity index (χ3n) is 1.32. The molecule has 66 valence electrons. The fraction of sp³-hybridized carbons (Fsp3) is 0.429. The second-order valence-electron chi connectivity index (χ2n) is 2.29. The summed E-state index contributed by atoms with van der Waals surface area (Å²) in [7, 11) is 0. The lowest BCUT2D eigenvalue weighted by Gasteiger charge is -1.98. The number of aromatic nitrogens is 1. The average molecular weight is 168 g/mol. The molecular formula is C7H12N4O. The highest BCUT2D eigenvalue weighted by Gasteiger charge is 2.05. The molecule has 1 rings (SSSR count). The standard InChI is InChI=1S/C7H12N4O/c1-3-9-7(10-8)6-4-5(2)12-11-6/h4H,3,8H2,1-2H3,(H,9,10). The van der Waals surface area contributed by atoms with Crippen molar-refractivity contribution in [3.63, 3.8) is 0 Å². The second kappa shape index (κ2) is 3.87. The molecule has 0 aliphatic carbocycles. The van der Waals surface area contributed by atoms with Crippen LogP contribution in [0, 0.1) is 6.92 Å².